The first kappa shape index (κ1) is 24.9. The number of hydrogen-bond donors (Lipinski definition) is 0. The first-order chi connectivity index (χ1) is 17.0. The van der Waals surface area contributed by atoms with Crippen LogP contribution in [0.3, 0.4) is 0 Å². The third kappa shape index (κ3) is 5.89. The van der Waals surface area contributed by atoms with Crippen molar-refractivity contribution >= 4 is 11.7 Å². The number of ether oxygens (including phenoxy) is 2. The summed E-state index contributed by atoms with van der Waals surface area (Å²) in [6.45, 7) is 5.53. The Hall–Kier alpha value is -3.23. The minimum Gasteiger partial charge on any atom is -0.351 e. The lowest BCUT2D eigenvalue weighted by molar-refractivity contribution is -0.129. The smallest absolute Gasteiger partial charge is 0.225 e. The normalized spacial score (nSPS) is 15.5. The summed E-state index contributed by atoms with van der Waals surface area (Å²) >= 11 is 0. The minimum absolute atomic E-state index is 0.0114. The predicted octanol–water partition coefficient (Wildman–Crippen LogP) is 5.58. The van der Waals surface area contributed by atoms with Gasteiger partial charge >= 0.3 is 0 Å². The van der Waals surface area contributed by atoms with E-state index >= 15 is 0 Å². The minimum atomic E-state index is -0.569. The Morgan fingerprint density at radius 1 is 0.943 bits per heavy atom. The molecule has 0 spiro atoms. The molecule has 0 N–H and O–H groups in total. The summed E-state index contributed by atoms with van der Waals surface area (Å²) in [5, 5.41) is 0. The van der Waals surface area contributed by atoms with Gasteiger partial charge in [0.15, 0.2) is 6.29 Å². The molecule has 8 heteroatoms. The molecule has 2 aromatic carbocycles. The summed E-state index contributed by atoms with van der Waals surface area (Å²) in [5.74, 6) is -0.553. The van der Waals surface area contributed by atoms with Gasteiger partial charge < -0.3 is 14.4 Å². The molecule has 184 valence electrons. The van der Waals surface area contributed by atoms with Crippen LogP contribution in [-0.2, 0) is 9.47 Å². The summed E-state index contributed by atoms with van der Waals surface area (Å²) in [6, 6.07) is 11.8. The van der Waals surface area contributed by atoms with Crippen LogP contribution in [0.4, 0.5) is 14.7 Å². The molecular formula is C27H30F2N4O2. The Bertz CT molecular complexity index is 1130. The topological polar surface area (TPSA) is 59.8 Å². The number of halogens is 2. The van der Waals surface area contributed by atoms with Crippen molar-refractivity contribution in [2.75, 3.05) is 31.7 Å². The van der Waals surface area contributed by atoms with E-state index in [-0.39, 0.29) is 17.9 Å². The number of aromatic nitrogens is 2. The highest BCUT2D eigenvalue weighted by Gasteiger charge is 2.24. The van der Waals surface area contributed by atoms with Gasteiger partial charge in [-0.2, -0.15) is 0 Å². The van der Waals surface area contributed by atoms with Gasteiger partial charge in [0.1, 0.15) is 11.6 Å². The Morgan fingerprint density at radius 2 is 1.57 bits per heavy atom. The van der Waals surface area contributed by atoms with Gasteiger partial charge in [0.25, 0.3) is 0 Å². The van der Waals surface area contributed by atoms with Gasteiger partial charge in [0, 0.05) is 43.9 Å². The first-order valence-electron chi connectivity index (χ1n) is 11.9. The van der Waals surface area contributed by atoms with E-state index in [2.05, 4.69) is 15.0 Å². The van der Waals surface area contributed by atoms with Crippen LogP contribution in [0, 0.1) is 11.6 Å². The van der Waals surface area contributed by atoms with E-state index in [1.807, 2.05) is 50.1 Å². The van der Waals surface area contributed by atoms with Crippen LogP contribution in [0.1, 0.15) is 43.9 Å². The number of likely N-dealkylation sites (N-methyl/N-ethyl adjacent to an activating group) is 1. The molecule has 0 bridgehead atoms. The zero-order valence-electron chi connectivity index (χ0n) is 20.2. The molecule has 1 aliphatic rings. The Labute approximate surface area is 204 Å². The number of anilines is 1. The highest BCUT2D eigenvalue weighted by atomic mass is 19.1. The molecular weight excluding hydrogens is 450 g/mol. The molecule has 0 radical (unpaired) electrons. The fraction of sp³-hybridized carbons (Fsp3) is 0.370. The van der Waals surface area contributed by atoms with Crippen LogP contribution >= 0.6 is 0 Å². The Morgan fingerprint density at radius 3 is 2.17 bits per heavy atom. The lowest BCUT2D eigenvalue weighted by Crippen LogP contribution is -2.34. The largest absolute Gasteiger partial charge is 0.351 e. The molecule has 0 fully saturated rings. The molecule has 2 heterocycles. The van der Waals surface area contributed by atoms with Crippen molar-refractivity contribution in [2.24, 2.45) is 4.99 Å². The number of nitrogens with zero attached hydrogens (tertiary/aromatic N) is 4. The maximum absolute atomic E-state index is 14.1. The maximum atomic E-state index is 14.1. The molecule has 1 aliphatic heterocycles. The van der Waals surface area contributed by atoms with Crippen LogP contribution in [0.25, 0.3) is 11.1 Å². The Balaban J connectivity index is 1.43. The average Bonchev–Trinajstić information content (AvgIpc) is 3.34. The molecule has 1 unspecified atom stereocenters. The number of hydrogen-bond acceptors (Lipinski definition) is 6. The second-order valence-electron chi connectivity index (χ2n) is 8.34. The summed E-state index contributed by atoms with van der Waals surface area (Å²) in [4.78, 5) is 15.5. The molecule has 6 nitrogen and oxygen atoms in total. The summed E-state index contributed by atoms with van der Waals surface area (Å²) in [7, 11) is 1.90. The van der Waals surface area contributed by atoms with E-state index in [0.717, 1.165) is 23.1 Å². The van der Waals surface area contributed by atoms with Crippen molar-refractivity contribution in [1.82, 2.24) is 9.97 Å². The SMILES string of the molecule is CCOC(CN(C)c1ncc(-c2ccc(C3CCC(c4c(F)cccc4F)=N3)cc2)cn1)OCC. The van der Waals surface area contributed by atoms with E-state index in [1.165, 1.54) is 18.2 Å². The summed E-state index contributed by atoms with van der Waals surface area (Å²) in [5.41, 5.74) is 3.35. The molecule has 0 saturated carbocycles. The van der Waals surface area contributed by atoms with Gasteiger partial charge in [0.2, 0.25) is 5.95 Å². The number of benzene rings is 2. The van der Waals surface area contributed by atoms with E-state index in [9.17, 15) is 8.78 Å². The quantitative estimate of drug-likeness (QED) is 0.355. The van der Waals surface area contributed by atoms with E-state index in [0.29, 0.717) is 37.8 Å². The number of aliphatic imine (C=N–C) groups is 1. The standard InChI is InChI=1S/C27H30F2N4O2/c1-4-34-25(35-5-2)17-33(3)27-30-15-20(16-31-27)18-9-11-19(12-10-18)23-13-14-24(32-23)26-21(28)7-6-8-22(26)29/h6-12,15-16,23,25H,4-5,13-14,17H2,1-3H3. The Kier molecular flexibility index (Phi) is 8.15. The molecule has 0 saturated heterocycles. The van der Waals surface area contributed by atoms with E-state index < -0.39 is 11.6 Å². The average molecular weight is 481 g/mol. The van der Waals surface area contributed by atoms with Crippen molar-refractivity contribution in [3.63, 3.8) is 0 Å². The molecule has 1 atom stereocenters. The predicted molar refractivity (Wildman–Crippen MR) is 133 cm³/mol. The van der Waals surface area contributed by atoms with Crippen LogP contribution < -0.4 is 4.90 Å². The summed E-state index contributed by atoms with van der Waals surface area (Å²) < 4.78 is 39.5. The second kappa shape index (κ2) is 11.5. The van der Waals surface area contributed by atoms with Crippen molar-refractivity contribution in [3.8, 4) is 11.1 Å². The molecule has 4 rings (SSSR count). The van der Waals surface area contributed by atoms with Crippen molar-refractivity contribution < 1.29 is 18.3 Å². The van der Waals surface area contributed by atoms with Crippen molar-refractivity contribution in [2.45, 2.75) is 39.0 Å². The van der Waals surface area contributed by atoms with E-state index in [4.69, 9.17) is 9.47 Å². The second-order valence-corrected chi connectivity index (χ2v) is 8.34. The van der Waals surface area contributed by atoms with Gasteiger partial charge in [-0.1, -0.05) is 30.3 Å². The van der Waals surface area contributed by atoms with Crippen molar-refractivity contribution in [3.05, 3.63) is 77.6 Å². The van der Waals surface area contributed by atoms with E-state index in [1.54, 1.807) is 12.4 Å². The highest BCUT2D eigenvalue weighted by molar-refractivity contribution is 6.02. The lowest BCUT2D eigenvalue weighted by atomic mass is 10.0. The lowest BCUT2D eigenvalue weighted by Gasteiger charge is -2.23. The zero-order valence-corrected chi connectivity index (χ0v) is 20.2. The third-order valence-corrected chi connectivity index (χ3v) is 5.95. The fourth-order valence-electron chi connectivity index (χ4n) is 4.19. The maximum Gasteiger partial charge on any atom is 0.225 e. The molecule has 0 amide bonds. The fourth-order valence-corrected chi connectivity index (χ4v) is 4.19. The molecule has 35 heavy (non-hydrogen) atoms. The van der Waals surface area contributed by atoms with Gasteiger partial charge in [-0.3, -0.25) is 4.99 Å². The zero-order chi connectivity index (χ0) is 24.8. The first-order valence-corrected chi connectivity index (χ1v) is 11.9. The van der Waals surface area contributed by atoms with Crippen LogP contribution in [0.5, 0.6) is 0 Å². The van der Waals surface area contributed by atoms with Gasteiger partial charge in [0.05, 0.1) is 18.2 Å². The van der Waals surface area contributed by atoms with Crippen LogP contribution in [0.2, 0.25) is 0 Å². The molecule has 0 aliphatic carbocycles. The van der Waals surface area contributed by atoms with Gasteiger partial charge in [-0.25, -0.2) is 18.7 Å². The monoisotopic (exact) mass is 480 g/mol. The summed E-state index contributed by atoms with van der Waals surface area (Å²) in [6.07, 6.45) is 4.51. The van der Waals surface area contributed by atoms with Gasteiger partial charge in [-0.05, 0) is 49.9 Å². The van der Waals surface area contributed by atoms with Crippen LogP contribution in [0.15, 0.2) is 59.9 Å². The van der Waals surface area contributed by atoms with Crippen molar-refractivity contribution in [1.29, 1.82) is 0 Å². The highest BCUT2D eigenvalue weighted by Crippen LogP contribution is 2.33. The molecule has 3 aromatic rings. The number of rotatable bonds is 10. The third-order valence-electron chi connectivity index (χ3n) is 5.95. The van der Waals surface area contributed by atoms with Gasteiger partial charge in [-0.15, -0.1) is 0 Å². The van der Waals surface area contributed by atoms with Crippen LogP contribution in [-0.4, -0.2) is 48.8 Å². The molecule has 1 aromatic heterocycles.